The molecule has 26 heavy (non-hydrogen) atoms. The molecule has 0 aliphatic heterocycles. The molecule has 4 rings (SSSR count). The van der Waals surface area contributed by atoms with Gasteiger partial charge in [-0.25, -0.2) is 0 Å². The number of nitrogens with zero attached hydrogens (tertiary/aromatic N) is 2. The molecule has 0 saturated heterocycles. The standard InChI is InChI=1S/C22H26N4/c1-14-4-8-19-17(12-14)6-7-18-13-15(2)5-9-20(18)22(19,10-11-23)21-24-16(3)25-26-21/h4-5,8-9,12-13H,6-7,10-11,23H2,1-3H3,(H,24,25,26). The van der Waals surface area contributed by atoms with E-state index in [9.17, 15) is 0 Å². The quantitative estimate of drug-likeness (QED) is 0.762. The smallest absolute Gasteiger partial charge is 0.145 e. The van der Waals surface area contributed by atoms with Gasteiger partial charge in [-0.2, -0.15) is 0 Å². The van der Waals surface area contributed by atoms with E-state index in [1.165, 1.54) is 33.4 Å². The Bertz CT molecular complexity index is 901. The molecule has 2 aromatic carbocycles. The highest BCUT2D eigenvalue weighted by Gasteiger charge is 2.43. The molecule has 1 aliphatic rings. The second-order valence-electron chi connectivity index (χ2n) is 7.52. The SMILES string of the molecule is Cc1ccc2c(c1)CCc1cc(C)ccc1C2(CCN)c1nnc(C)[nH]1. The largest absolute Gasteiger partial charge is 0.330 e. The molecule has 0 atom stereocenters. The first kappa shape index (κ1) is 17.0. The highest BCUT2D eigenvalue weighted by molar-refractivity contribution is 5.55. The Morgan fingerprint density at radius 2 is 1.50 bits per heavy atom. The first-order chi connectivity index (χ1) is 12.5. The normalized spacial score (nSPS) is 15.2. The summed E-state index contributed by atoms with van der Waals surface area (Å²) in [5.41, 5.74) is 13.8. The molecule has 0 amide bonds. The fourth-order valence-corrected chi connectivity index (χ4v) is 4.50. The summed E-state index contributed by atoms with van der Waals surface area (Å²) in [5, 5.41) is 8.84. The van der Waals surface area contributed by atoms with Crippen LogP contribution in [-0.4, -0.2) is 21.7 Å². The topological polar surface area (TPSA) is 67.6 Å². The van der Waals surface area contributed by atoms with E-state index in [4.69, 9.17) is 5.73 Å². The first-order valence-electron chi connectivity index (χ1n) is 9.34. The van der Waals surface area contributed by atoms with Gasteiger partial charge in [-0.1, -0.05) is 47.5 Å². The molecule has 0 saturated carbocycles. The molecule has 3 aromatic rings. The van der Waals surface area contributed by atoms with Gasteiger partial charge < -0.3 is 10.7 Å². The summed E-state index contributed by atoms with van der Waals surface area (Å²) < 4.78 is 0. The van der Waals surface area contributed by atoms with Crippen molar-refractivity contribution < 1.29 is 0 Å². The average molecular weight is 346 g/mol. The summed E-state index contributed by atoms with van der Waals surface area (Å²) >= 11 is 0. The number of nitrogens with one attached hydrogen (secondary N) is 1. The second kappa shape index (κ2) is 6.36. The van der Waals surface area contributed by atoms with Crippen molar-refractivity contribution in [1.82, 2.24) is 15.2 Å². The molecule has 0 spiro atoms. The average Bonchev–Trinajstić information content (AvgIpc) is 3.00. The second-order valence-corrected chi connectivity index (χ2v) is 7.52. The Morgan fingerprint density at radius 3 is 1.96 bits per heavy atom. The van der Waals surface area contributed by atoms with Gasteiger partial charge in [0.1, 0.15) is 11.6 Å². The molecule has 0 bridgehead atoms. The summed E-state index contributed by atoms with van der Waals surface area (Å²) in [7, 11) is 0. The van der Waals surface area contributed by atoms with E-state index < -0.39 is 0 Å². The van der Waals surface area contributed by atoms with E-state index >= 15 is 0 Å². The number of aromatic amines is 1. The number of hydrogen-bond acceptors (Lipinski definition) is 3. The minimum Gasteiger partial charge on any atom is -0.330 e. The molecular weight excluding hydrogens is 320 g/mol. The van der Waals surface area contributed by atoms with Gasteiger partial charge in [0.05, 0.1) is 5.41 Å². The Hall–Kier alpha value is -2.46. The molecule has 4 nitrogen and oxygen atoms in total. The van der Waals surface area contributed by atoms with Gasteiger partial charge in [-0.05, 0) is 68.8 Å². The third-order valence-electron chi connectivity index (χ3n) is 5.63. The Kier molecular flexibility index (Phi) is 4.16. The molecule has 3 N–H and O–H groups in total. The molecule has 1 aliphatic carbocycles. The fraction of sp³-hybridized carbons (Fsp3) is 0.364. The first-order valence-corrected chi connectivity index (χ1v) is 9.34. The van der Waals surface area contributed by atoms with Crippen LogP contribution in [0.3, 0.4) is 0 Å². The van der Waals surface area contributed by atoms with E-state index in [1.807, 2.05) is 6.92 Å². The monoisotopic (exact) mass is 346 g/mol. The van der Waals surface area contributed by atoms with Crippen LogP contribution in [0.15, 0.2) is 36.4 Å². The molecular formula is C22H26N4. The maximum absolute atomic E-state index is 6.15. The Labute approximate surface area is 154 Å². The maximum atomic E-state index is 6.15. The number of rotatable bonds is 3. The zero-order chi connectivity index (χ0) is 18.3. The van der Waals surface area contributed by atoms with Crippen LogP contribution in [0.4, 0.5) is 0 Å². The van der Waals surface area contributed by atoms with E-state index in [0.717, 1.165) is 30.9 Å². The summed E-state index contributed by atoms with van der Waals surface area (Å²) in [6.07, 6.45) is 2.87. The summed E-state index contributed by atoms with van der Waals surface area (Å²) in [6.45, 7) is 6.85. The molecule has 134 valence electrons. The van der Waals surface area contributed by atoms with Crippen molar-refractivity contribution in [1.29, 1.82) is 0 Å². The highest BCUT2D eigenvalue weighted by Crippen LogP contribution is 2.46. The molecule has 0 fully saturated rings. The zero-order valence-corrected chi connectivity index (χ0v) is 15.8. The molecule has 1 heterocycles. The Balaban J connectivity index is 2.10. The lowest BCUT2D eigenvalue weighted by Gasteiger charge is -2.34. The number of nitrogens with two attached hydrogens (primary N) is 1. The van der Waals surface area contributed by atoms with Gasteiger partial charge in [0, 0.05) is 0 Å². The van der Waals surface area contributed by atoms with Gasteiger partial charge in [-0.15, -0.1) is 10.2 Å². The summed E-state index contributed by atoms with van der Waals surface area (Å²) in [5.74, 6) is 1.74. The van der Waals surface area contributed by atoms with Gasteiger partial charge in [0.2, 0.25) is 0 Å². The number of H-pyrrole nitrogens is 1. The van der Waals surface area contributed by atoms with Crippen LogP contribution in [0.1, 0.15) is 51.5 Å². The van der Waals surface area contributed by atoms with Crippen molar-refractivity contribution in [3.05, 3.63) is 81.4 Å². The van der Waals surface area contributed by atoms with Crippen LogP contribution >= 0.6 is 0 Å². The summed E-state index contributed by atoms with van der Waals surface area (Å²) in [6, 6.07) is 13.6. The van der Waals surface area contributed by atoms with Crippen molar-refractivity contribution in [3.63, 3.8) is 0 Å². The molecule has 0 radical (unpaired) electrons. The van der Waals surface area contributed by atoms with Gasteiger partial charge >= 0.3 is 0 Å². The van der Waals surface area contributed by atoms with Gasteiger partial charge in [0.15, 0.2) is 0 Å². The lowest BCUT2D eigenvalue weighted by Crippen LogP contribution is -2.34. The van der Waals surface area contributed by atoms with Gasteiger partial charge in [-0.3, -0.25) is 0 Å². The molecule has 0 unspecified atom stereocenters. The molecule has 1 aromatic heterocycles. The zero-order valence-electron chi connectivity index (χ0n) is 15.8. The maximum Gasteiger partial charge on any atom is 0.145 e. The van der Waals surface area contributed by atoms with Crippen LogP contribution in [0.25, 0.3) is 0 Å². The predicted molar refractivity (Wildman–Crippen MR) is 104 cm³/mol. The number of fused-ring (bicyclic) bond motifs is 2. The van der Waals surface area contributed by atoms with E-state index in [-0.39, 0.29) is 5.41 Å². The van der Waals surface area contributed by atoms with Crippen molar-refractivity contribution in [2.24, 2.45) is 5.73 Å². The highest BCUT2D eigenvalue weighted by atomic mass is 15.2. The van der Waals surface area contributed by atoms with Crippen LogP contribution in [0.5, 0.6) is 0 Å². The van der Waals surface area contributed by atoms with Crippen molar-refractivity contribution in [3.8, 4) is 0 Å². The fourth-order valence-electron chi connectivity index (χ4n) is 4.50. The third-order valence-corrected chi connectivity index (χ3v) is 5.63. The predicted octanol–water partition coefficient (Wildman–Crippen LogP) is 3.51. The van der Waals surface area contributed by atoms with E-state index in [2.05, 4.69) is 65.4 Å². The van der Waals surface area contributed by atoms with E-state index in [1.54, 1.807) is 0 Å². The van der Waals surface area contributed by atoms with Crippen LogP contribution in [-0.2, 0) is 18.3 Å². The summed E-state index contributed by atoms with van der Waals surface area (Å²) in [4.78, 5) is 3.43. The third kappa shape index (κ3) is 2.56. The minimum atomic E-state index is -0.376. The van der Waals surface area contributed by atoms with Crippen LogP contribution < -0.4 is 5.73 Å². The Morgan fingerprint density at radius 1 is 0.923 bits per heavy atom. The lowest BCUT2D eigenvalue weighted by atomic mass is 9.69. The van der Waals surface area contributed by atoms with Crippen molar-refractivity contribution in [2.75, 3.05) is 6.54 Å². The van der Waals surface area contributed by atoms with E-state index in [0.29, 0.717) is 6.54 Å². The van der Waals surface area contributed by atoms with Crippen molar-refractivity contribution >= 4 is 0 Å². The van der Waals surface area contributed by atoms with Crippen LogP contribution in [0, 0.1) is 20.8 Å². The number of benzene rings is 2. The van der Waals surface area contributed by atoms with Crippen LogP contribution in [0.2, 0.25) is 0 Å². The number of hydrogen-bond donors (Lipinski definition) is 2. The lowest BCUT2D eigenvalue weighted by molar-refractivity contribution is 0.532. The van der Waals surface area contributed by atoms with Crippen molar-refractivity contribution in [2.45, 2.75) is 45.4 Å². The number of aromatic nitrogens is 3. The minimum absolute atomic E-state index is 0.376. The van der Waals surface area contributed by atoms with Gasteiger partial charge in [0.25, 0.3) is 0 Å². The number of aryl methyl sites for hydroxylation is 5. The molecule has 4 heteroatoms.